The van der Waals surface area contributed by atoms with Crippen molar-refractivity contribution in [2.24, 2.45) is 5.41 Å². The summed E-state index contributed by atoms with van der Waals surface area (Å²) in [5, 5.41) is 14.0. The van der Waals surface area contributed by atoms with Crippen molar-refractivity contribution >= 4 is 28.7 Å². The molecule has 0 saturated carbocycles. The monoisotopic (exact) mass is 406 g/mol. The first-order chi connectivity index (χ1) is 13.1. The second-order valence-corrected chi connectivity index (χ2v) is 8.17. The zero-order chi connectivity index (χ0) is 20.9. The first kappa shape index (κ1) is 21.4. The van der Waals surface area contributed by atoms with Gasteiger partial charge in [-0.15, -0.1) is 11.3 Å². The number of nitro groups is 1. The van der Waals surface area contributed by atoms with Crippen molar-refractivity contribution in [3.8, 4) is 11.5 Å². The Kier molecular flexibility index (Phi) is 6.74. The van der Waals surface area contributed by atoms with Gasteiger partial charge < -0.3 is 14.8 Å². The smallest absolute Gasteiger partial charge is 0.314 e. The molecule has 150 valence electrons. The van der Waals surface area contributed by atoms with Gasteiger partial charge in [-0.25, -0.2) is 0 Å². The van der Waals surface area contributed by atoms with Crippen LogP contribution in [0.1, 0.15) is 35.3 Å². The number of hydrogen-bond donors (Lipinski definition) is 1. The van der Waals surface area contributed by atoms with Crippen molar-refractivity contribution in [3.63, 3.8) is 0 Å². The number of nitrogens with zero attached hydrogens (tertiary/aromatic N) is 1. The summed E-state index contributed by atoms with van der Waals surface area (Å²) < 4.78 is 10.3. The highest BCUT2D eigenvalue weighted by Gasteiger charge is 2.21. The fourth-order valence-corrected chi connectivity index (χ4v) is 3.03. The van der Waals surface area contributed by atoms with Crippen LogP contribution >= 0.6 is 11.3 Å². The first-order valence-corrected chi connectivity index (χ1v) is 9.29. The number of ketones is 1. The molecular weight excluding hydrogens is 384 g/mol. The summed E-state index contributed by atoms with van der Waals surface area (Å²) in [6.07, 6.45) is 0. The van der Waals surface area contributed by atoms with Crippen LogP contribution in [0, 0.1) is 15.5 Å². The number of carbonyl (C=O) groups excluding carboxylic acids is 2. The quantitative estimate of drug-likeness (QED) is 0.408. The van der Waals surface area contributed by atoms with Crippen molar-refractivity contribution in [1.29, 1.82) is 0 Å². The Morgan fingerprint density at radius 1 is 1.21 bits per heavy atom. The lowest BCUT2D eigenvalue weighted by Gasteiger charge is -2.17. The first-order valence-electron chi connectivity index (χ1n) is 8.47. The number of carbonyl (C=O) groups is 2. The van der Waals surface area contributed by atoms with Crippen molar-refractivity contribution in [2.45, 2.75) is 27.3 Å². The van der Waals surface area contributed by atoms with E-state index in [1.807, 2.05) is 20.8 Å². The van der Waals surface area contributed by atoms with Gasteiger partial charge in [-0.1, -0.05) is 20.8 Å². The predicted octanol–water partition coefficient (Wildman–Crippen LogP) is 3.59. The van der Waals surface area contributed by atoms with Crippen LogP contribution in [0.4, 0.5) is 5.69 Å². The summed E-state index contributed by atoms with van der Waals surface area (Å²) in [6.45, 7) is 5.46. The lowest BCUT2D eigenvalue weighted by Crippen LogP contribution is -2.34. The standard InChI is InChI=1S/C19H22N2O6S/c1-19(2,3)18(23)20-10-13-6-8-17(28-13)15(22)11-27-16-7-5-12(26-4)9-14(16)21(24)25/h5-9H,10-11H2,1-4H3,(H,20,23). The van der Waals surface area contributed by atoms with Crippen LogP contribution in [0.15, 0.2) is 30.3 Å². The molecule has 1 amide bonds. The molecule has 0 unspecified atom stereocenters. The number of methoxy groups -OCH3 is 1. The lowest BCUT2D eigenvalue weighted by atomic mass is 9.96. The Balaban J connectivity index is 1.98. The highest BCUT2D eigenvalue weighted by Crippen LogP contribution is 2.31. The Labute approximate surface area is 166 Å². The maximum absolute atomic E-state index is 12.3. The number of nitrogens with one attached hydrogen (secondary N) is 1. The highest BCUT2D eigenvalue weighted by atomic mass is 32.1. The Morgan fingerprint density at radius 3 is 2.54 bits per heavy atom. The van der Waals surface area contributed by atoms with E-state index in [2.05, 4.69) is 5.32 Å². The van der Waals surface area contributed by atoms with Crippen molar-refractivity contribution in [2.75, 3.05) is 13.7 Å². The third-order valence-corrected chi connectivity index (χ3v) is 4.89. The Morgan fingerprint density at radius 2 is 1.93 bits per heavy atom. The van der Waals surface area contributed by atoms with E-state index in [0.717, 1.165) is 4.88 Å². The maximum atomic E-state index is 12.3. The largest absolute Gasteiger partial charge is 0.496 e. The molecule has 28 heavy (non-hydrogen) atoms. The molecule has 2 rings (SSSR count). The summed E-state index contributed by atoms with van der Waals surface area (Å²) >= 11 is 1.25. The molecule has 0 aliphatic rings. The van der Waals surface area contributed by atoms with Gasteiger partial charge in [0.25, 0.3) is 0 Å². The maximum Gasteiger partial charge on any atom is 0.314 e. The van der Waals surface area contributed by atoms with E-state index in [9.17, 15) is 19.7 Å². The lowest BCUT2D eigenvalue weighted by molar-refractivity contribution is -0.385. The molecule has 1 aromatic heterocycles. The summed E-state index contributed by atoms with van der Waals surface area (Å²) in [6, 6.07) is 7.56. The van der Waals surface area contributed by atoms with Gasteiger partial charge in [0.15, 0.2) is 12.4 Å². The summed E-state index contributed by atoms with van der Waals surface area (Å²) in [4.78, 5) is 36.1. The zero-order valence-corrected chi connectivity index (χ0v) is 16.9. The molecule has 0 saturated heterocycles. The van der Waals surface area contributed by atoms with E-state index in [0.29, 0.717) is 17.2 Å². The van der Waals surface area contributed by atoms with E-state index in [1.54, 1.807) is 12.1 Å². The van der Waals surface area contributed by atoms with Gasteiger partial charge in [-0.3, -0.25) is 19.7 Å². The zero-order valence-electron chi connectivity index (χ0n) is 16.1. The van der Waals surface area contributed by atoms with E-state index in [1.165, 1.54) is 36.6 Å². The van der Waals surface area contributed by atoms with Crippen molar-refractivity contribution in [3.05, 3.63) is 50.2 Å². The van der Waals surface area contributed by atoms with E-state index < -0.39 is 10.3 Å². The van der Waals surface area contributed by atoms with Crippen molar-refractivity contribution in [1.82, 2.24) is 5.32 Å². The van der Waals surface area contributed by atoms with Gasteiger partial charge in [0, 0.05) is 10.3 Å². The van der Waals surface area contributed by atoms with Crippen LogP contribution in [-0.2, 0) is 11.3 Å². The van der Waals surface area contributed by atoms with Crippen LogP contribution in [0.3, 0.4) is 0 Å². The molecule has 8 nitrogen and oxygen atoms in total. The summed E-state index contributed by atoms with van der Waals surface area (Å²) in [5.41, 5.74) is -0.763. The predicted molar refractivity (Wildman–Crippen MR) is 105 cm³/mol. The number of benzene rings is 1. The SMILES string of the molecule is COc1ccc(OCC(=O)c2ccc(CNC(=O)C(C)(C)C)s2)c([N+](=O)[O-])c1. The number of Topliss-reactive ketones (excluding diaryl/α,β-unsaturated/α-hetero) is 1. The highest BCUT2D eigenvalue weighted by molar-refractivity contribution is 7.14. The molecule has 0 bridgehead atoms. The fourth-order valence-electron chi connectivity index (χ4n) is 2.16. The minimum Gasteiger partial charge on any atom is -0.496 e. The number of ether oxygens (including phenoxy) is 2. The number of thiophene rings is 1. The van der Waals surface area contributed by atoms with E-state index >= 15 is 0 Å². The number of nitro benzene ring substituents is 1. The van der Waals surface area contributed by atoms with Crippen molar-refractivity contribution < 1.29 is 24.0 Å². The van der Waals surface area contributed by atoms with Gasteiger partial charge >= 0.3 is 5.69 Å². The topological polar surface area (TPSA) is 108 Å². The molecule has 0 aliphatic heterocycles. The van der Waals surface area contributed by atoms with Crippen LogP contribution in [0.5, 0.6) is 11.5 Å². The Hall–Kier alpha value is -2.94. The minimum absolute atomic E-state index is 0.00614. The Bertz CT molecular complexity index is 885. The average Bonchev–Trinajstić information content (AvgIpc) is 3.12. The molecule has 1 N–H and O–H groups in total. The third-order valence-electron chi connectivity index (χ3n) is 3.76. The molecule has 0 radical (unpaired) electrons. The normalized spacial score (nSPS) is 11.0. The summed E-state index contributed by atoms with van der Waals surface area (Å²) in [7, 11) is 1.40. The molecule has 0 spiro atoms. The molecule has 0 aliphatic carbocycles. The second-order valence-electron chi connectivity index (χ2n) is 7.00. The van der Waals surface area contributed by atoms with Crippen LogP contribution in [0.2, 0.25) is 0 Å². The van der Waals surface area contributed by atoms with Gasteiger partial charge in [0.05, 0.1) is 29.5 Å². The average molecular weight is 406 g/mol. The molecule has 0 atom stereocenters. The molecule has 9 heteroatoms. The van der Waals surface area contributed by atoms with Crippen LogP contribution < -0.4 is 14.8 Å². The number of rotatable bonds is 8. The molecule has 1 aromatic carbocycles. The molecule has 0 fully saturated rings. The van der Waals surface area contributed by atoms with Gasteiger partial charge in [-0.05, 0) is 24.3 Å². The van der Waals surface area contributed by atoms with Gasteiger partial charge in [0.1, 0.15) is 5.75 Å². The van der Waals surface area contributed by atoms with E-state index in [-0.39, 0.29) is 29.7 Å². The summed E-state index contributed by atoms with van der Waals surface area (Å²) in [5.74, 6) is -0.0635. The second kappa shape index (κ2) is 8.83. The van der Waals surface area contributed by atoms with Gasteiger partial charge in [-0.2, -0.15) is 0 Å². The van der Waals surface area contributed by atoms with Crippen LogP contribution in [-0.4, -0.2) is 30.3 Å². The number of hydrogen-bond acceptors (Lipinski definition) is 7. The third kappa shape index (κ3) is 5.53. The molecular formula is C19H22N2O6S. The minimum atomic E-state index is -0.594. The van der Waals surface area contributed by atoms with Gasteiger partial charge in [0.2, 0.25) is 11.7 Å². The molecule has 1 heterocycles. The number of amides is 1. The molecule has 2 aromatic rings. The van der Waals surface area contributed by atoms with E-state index in [4.69, 9.17) is 9.47 Å². The van der Waals surface area contributed by atoms with Crippen LogP contribution in [0.25, 0.3) is 0 Å². The fraction of sp³-hybridized carbons (Fsp3) is 0.368.